The zero-order valence-electron chi connectivity index (χ0n) is 33.5. The largest absolute Gasteiger partial charge is 0.304 e. The molecule has 0 aliphatic carbocycles. The number of pyridine rings is 1. The standard InChI is InChI=1S/2C9H12.C8H11N.C8H10.C7H15N.C6H13N/c2*1-8(2)9-6-4-3-5-7-9;1-7(2)8-4-3-5-9-6-8;2*1-2-8-6-4-3-5-7-8;1-2-7-5-3-4-6-7/h2*3-8H,1-2H3;3-7H,1-2H3;3-7H,2H2,1H3;2-7H2,1H3;2-6H2,1H3. The highest BCUT2D eigenvalue weighted by Gasteiger charge is 2.07. The summed E-state index contributed by atoms with van der Waals surface area (Å²) in [6.07, 6.45) is 12.0. The van der Waals surface area contributed by atoms with E-state index < -0.39 is 0 Å². The Balaban J connectivity index is 0.000000301. The van der Waals surface area contributed by atoms with Crippen molar-refractivity contribution < 1.29 is 0 Å². The fourth-order valence-electron chi connectivity index (χ4n) is 5.48. The first-order chi connectivity index (χ1) is 24.2. The number of aryl methyl sites for hydroxylation is 1. The summed E-state index contributed by atoms with van der Waals surface area (Å²) in [7, 11) is 0. The molecule has 0 amide bonds. The third kappa shape index (κ3) is 22.4. The fraction of sp³-hybridized carbons (Fsp3) is 0.511. The highest BCUT2D eigenvalue weighted by atomic mass is 15.1. The van der Waals surface area contributed by atoms with E-state index in [4.69, 9.17) is 0 Å². The van der Waals surface area contributed by atoms with Gasteiger partial charge in [0.05, 0.1) is 0 Å². The lowest BCUT2D eigenvalue weighted by Gasteiger charge is -2.24. The minimum atomic E-state index is 0.596. The molecular weight excluding hydrogens is 607 g/mol. The molecule has 3 heterocycles. The first-order valence-corrected chi connectivity index (χ1v) is 19.7. The Kier molecular flexibility index (Phi) is 26.4. The summed E-state index contributed by atoms with van der Waals surface area (Å²) in [5.74, 6) is 1.91. The average molecular weight is 680 g/mol. The normalized spacial score (nSPS) is 14.0. The minimum absolute atomic E-state index is 0.596. The maximum absolute atomic E-state index is 4.01. The van der Waals surface area contributed by atoms with Gasteiger partial charge in [0.2, 0.25) is 0 Å². The van der Waals surface area contributed by atoms with Crippen LogP contribution in [0.2, 0.25) is 0 Å². The van der Waals surface area contributed by atoms with E-state index in [1.54, 1.807) is 6.20 Å². The van der Waals surface area contributed by atoms with Crippen molar-refractivity contribution in [2.45, 2.75) is 119 Å². The SMILES string of the molecule is CC(C)c1ccccc1.CC(C)c1ccccc1.CC(C)c1cccnc1.CCN1CCCC1.CCN1CCCCC1.CCc1ccccc1. The number of nitrogens with zero attached hydrogens (tertiary/aromatic N) is 3. The van der Waals surface area contributed by atoms with E-state index in [0.29, 0.717) is 17.8 Å². The lowest BCUT2D eigenvalue weighted by molar-refractivity contribution is 0.240. The van der Waals surface area contributed by atoms with Crippen molar-refractivity contribution in [2.75, 3.05) is 39.3 Å². The van der Waals surface area contributed by atoms with Gasteiger partial charge in [0.1, 0.15) is 0 Å². The molecule has 3 heteroatoms. The Labute approximate surface area is 309 Å². The van der Waals surface area contributed by atoms with Crippen LogP contribution in [0.5, 0.6) is 0 Å². The Morgan fingerprint density at radius 3 is 1.06 bits per heavy atom. The molecule has 0 N–H and O–H groups in total. The van der Waals surface area contributed by atoms with E-state index in [2.05, 4.69) is 156 Å². The quantitative estimate of drug-likeness (QED) is 0.202. The van der Waals surface area contributed by atoms with Crippen molar-refractivity contribution in [1.29, 1.82) is 0 Å². The number of benzene rings is 3. The molecule has 276 valence electrons. The van der Waals surface area contributed by atoms with Crippen LogP contribution in [0, 0.1) is 0 Å². The summed E-state index contributed by atoms with van der Waals surface area (Å²) >= 11 is 0. The van der Waals surface area contributed by atoms with Gasteiger partial charge in [-0.15, -0.1) is 0 Å². The molecule has 0 saturated carbocycles. The molecule has 0 spiro atoms. The number of hydrogen-bond donors (Lipinski definition) is 0. The summed E-state index contributed by atoms with van der Waals surface area (Å²) in [5, 5.41) is 0. The summed E-state index contributed by atoms with van der Waals surface area (Å²) < 4.78 is 0. The molecular formula is C47H73N3. The van der Waals surface area contributed by atoms with Crippen LogP contribution in [-0.4, -0.2) is 54.1 Å². The molecule has 4 aromatic rings. The van der Waals surface area contributed by atoms with E-state index in [-0.39, 0.29) is 0 Å². The third-order valence-corrected chi connectivity index (χ3v) is 9.08. The molecule has 6 rings (SSSR count). The van der Waals surface area contributed by atoms with Crippen molar-refractivity contribution in [3.8, 4) is 0 Å². The predicted molar refractivity (Wildman–Crippen MR) is 223 cm³/mol. The minimum Gasteiger partial charge on any atom is -0.304 e. The van der Waals surface area contributed by atoms with Crippen molar-refractivity contribution in [2.24, 2.45) is 0 Å². The molecule has 3 aromatic carbocycles. The topological polar surface area (TPSA) is 19.4 Å². The van der Waals surface area contributed by atoms with Crippen molar-refractivity contribution in [3.05, 3.63) is 138 Å². The fourth-order valence-corrected chi connectivity index (χ4v) is 5.48. The highest BCUT2D eigenvalue weighted by molar-refractivity contribution is 5.18. The second kappa shape index (κ2) is 29.5. The predicted octanol–water partition coefficient (Wildman–Crippen LogP) is 12.7. The second-order valence-corrected chi connectivity index (χ2v) is 14.0. The van der Waals surface area contributed by atoms with Gasteiger partial charge >= 0.3 is 0 Å². The first kappa shape index (κ1) is 44.8. The molecule has 0 bridgehead atoms. The van der Waals surface area contributed by atoms with E-state index in [9.17, 15) is 0 Å². The Morgan fingerprint density at radius 2 is 0.820 bits per heavy atom. The van der Waals surface area contributed by atoms with Gasteiger partial charge in [-0.3, -0.25) is 4.98 Å². The zero-order valence-corrected chi connectivity index (χ0v) is 33.5. The Hall–Kier alpha value is -3.27. The molecule has 2 fully saturated rings. The van der Waals surface area contributed by atoms with Crippen LogP contribution >= 0.6 is 0 Å². The maximum Gasteiger partial charge on any atom is 0.0302 e. The van der Waals surface area contributed by atoms with Gasteiger partial charge in [0, 0.05) is 12.4 Å². The second-order valence-electron chi connectivity index (χ2n) is 14.0. The summed E-state index contributed by atoms with van der Waals surface area (Å²) in [5.41, 5.74) is 5.54. The van der Waals surface area contributed by atoms with Crippen LogP contribution in [0.15, 0.2) is 116 Å². The Morgan fingerprint density at radius 1 is 0.460 bits per heavy atom. The number of piperidine rings is 1. The zero-order chi connectivity index (χ0) is 36.8. The summed E-state index contributed by atoms with van der Waals surface area (Å²) in [4.78, 5) is 9.01. The van der Waals surface area contributed by atoms with Gasteiger partial charge < -0.3 is 9.80 Å². The van der Waals surface area contributed by atoms with Crippen LogP contribution in [0.1, 0.15) is 134 Å². The average Bonchev–Trinajstić information content (AvgIpc) is 3.72. The number of aromatic nitrogens is 1. The van der Waals surface area contributed by atoms with Gasteiger partial charge in [-0.25, -0.2) is 0 Å². The van der Waals surface area contributed by atoms with E-state index in [1.807, 2.05) is 30.5 Å². The van der Waals surface area contributed by atoms with Crippen LogP contribution < -0.4 is 0 Å². The molecule has 0 atom stereocenters. The van der Waals surface area contributed by atoms with Crippen LogP contribution in [-0.2, 0) is 6.42 Å². The highest BCUT2D eigenvalue weighted by Crippen LogP contribution is 2.13. The van der Waals surface area contributed by atoms with Crippen LogP contribution in [0.25, 0.3) is 0 Å². The van der Waals surface area contributed by atoms with Crippen LogP contribution in [0.3, 0.4) is 0 Å². The lowest BCUT2D eigenvalue weighted by atomic mass is 10.0. The number of rotatable bonds is 6. The van der Waals surface area contributed by atoms with Crippen LogP contribution in [0.4, 0.5) is 0 Å². The molecule has 1 aromatic heterocycles. The molecule has 3 nitrogen and oxygen atoms in total. The molecule has 50 heavy (non-hydrogen) atoms. The number of likely N-dealkylation sites (tertiary alicyclic amines) is 2. The molecule has 0 unspecified atom stereocenters. The summed E-state index contributed by atoms with van der Waals surface area (Å²) in [6, 6.07) is 35.6. The molecule has 2 aliphatic rings. The molecule has 2 aliphatic heterocycles. The lowest BCUT2D eigenvalue weighted by Crippen LogP contribution is -2.29. The van der Waals surface area contributed by atoms with Crippen molar-refractivity contribution >= 4 is 0 Å². The van der Waals surface area contributed by atoms with Crippen molar-refractivity contribution in [3.63, 3.8) is 0 Å². The first-order valence-electron chi connectivity index (χ1n) is 19.7. The van der Waals surface area contributed by atoms with Gasteiger partial charge in [-0.2, -0.15) is 0 Å². The van der Waals surface area contributed by atoms with E-state index in [1.165, 1.54) is 93.6 Å². The van der Waals surface area contributed by atoms with Gasteiger partial charge in [-0.05, 0) is 117 Å². The Bertz CT molecular complexity index is 1140. The van der Waals surface area contributed by atoms with Crippen molar-refractivity contribution in [1.82, 2.24) is 14.8 Å². The van der Waals surface area contributed by atoms with E-state index >= 15 is 0 Å². The summed E-state index contributed by atoms with van der Waals surface area (Å²) in [6.45, 7) is 27.6. The van der Waals surface area contributed by atoms with Gasteiger partial charge in [-0.1, -0.05) is 166 Å². The van der Waals surface area contributed by atoms with Gasteiger partial charge in [0.25, 0.3) is 0 Å². The molecule has 0 radical (unpaired) electrons. The third-order valence-electron chi connectivity index (χ3n) is 9.08. The number of hydrogen-bond acceptors (Lipinski definition) is 3. The van der Waals surface area contributed by atoms with E-state index in [0.717, 1.165) is 6.42 Å². The maximum atomic E-state index is 4.01. The van der Waals surface area contributed by atoms with Gasteiger partial charge in [0.15, 0.2) is 0 Å². The smallest absolute Gasteiger partial charge is 0.0302 e. The molecule has 2 saturated heterocycles. The monoisotopic (exact) mass is 680 g/mol.